The summed E-state index contributed by atoms with van der Waals surface area (Å²) < 4.78 is 5.53. The Bertz CT molecular complexity index is 994. The molecular weight excluding hydrogens is 430 g/mol. The van der Waals surface area contributed by atoms with Crippen LogP contribution in [0.15, 0.2) is 58.3 Å². The Morgan fingerprint density at radius 1 is 0.903 bits per heavy atom. The third-order valence-electron chi connectivity index (χ3n) is 5.92. The molecule has 162 valence electrons. The van der Waals surface area contributed by atoms with E-state index < -0.39 is 0 Å². The maximum Gasteiger partial charge on any atom is 0.268 e. The Labute approximate surface area is 192 Å². The van der Waals surface area contributed by atoms with E-state index in [1.54, 1.807) is 19.2 Å². The highest BCUT2D eigenvalue weighted by Gasteiger charge is 2.43. The first-order valence-corrected chi connectivity index (χ1v) is 12.0. The van der Waals surface area contributed by atoms with E-state index in [9.17, 15) is 9.59 Å². The summed E-state index contributed by atoms with van der Waals surface area (Å²) in [7, 11) is 1.58. The van der Waals surface area contributed by atoms with Crippen molar-refractivity contribution < 1.29 is 14.3 Å². The second-order valence-corrected chi connectivity index (χ2v) is 9.46. The lowest BCUT2D eigenvalue weighted by molar-refractivity contribution is -0.139. The van der Waals surface area contributed by atoms with Gasteiger partial charge in [0.05, 0.1) is 17.6 Å². The van der Waals surface area contributed by atoms with E-state index in [1.165, 1.54) is 23.1 Å². The second kappa shape index (κ2) is 9.92. The van der Waals surface area contributed by atoms with Crippen LogP contribution in [0.25, 0.3) is 5.57 Å². The molecule has 6 heteroatoms. The molecule has 1 saturated carbocycles. The summed E-state index contributed by atoms with van der Waals surface area (Å²) in [4.78, 5) is 30.2. The standard InChI is InChI=1S/C25H26ClNO3S/c1-30-21-12-8-7-11-20(21)22-23(31-19-15-13-17(26)14-16-19)25(29)27(24(22)28)18-9-5-3-2-4-6-10-18/h7-8,11-16,18H,2-6,9-10H2,1H3. The number of hydrogen-bond acceptors (Lipinski definition) is 4. The molecule has 0 bridgehead atoms. The van der Waals surface area contributed by atoms with Crippen LogP contribution in [0, 0.1) is 0 Å². The summed E-state index contributed by atoms with van der Waals surface area (Å²) in [6, 6.07) is 14.7. The van der Waals surface area contributed by atoms with Crippen LogP contribution in [-0.2, 0) is 9.59 Å². The maximum atomic E-state index is 13.7. The lowest BCUT2D eigenvalue weighted by Crippen LogP contribution is -2.41. The van der Waals surface area contributed by atoms with Crippen LogP contribution < -0.4 is 4.74 Å². The number of ether oxygens (including phenoxy) is 1. The molecule has 0 spiro atoms. The number of amides is 2. The van der Waals surface area contributed by atoms with Crippen molar-refractivity contribution in [1.29, 1.82) is 0 Å². The number of thioether (sulfide) groups is 1. The first kappa shape index (κ1) is 22.0. The van der Waals surface area contributed by atoms with Crippen molar-refractivity contribution >= 4 is 40.8 Å². The number of carbonyl (C=O) groups excluding carboxylic acids is 2. The number of rotatable bonds is 5. The van der Waals surface area contributed by atoms with Crippen LogP contribution in [-0.4, -0.2) is 29.9 Å². The fourth-order valence-electron chi connectivity index (χ4n) is 4.35. The van der Waals surface area contributed by atoms with Crippen molar-refractivity contribution in [3.05, 3.63) is 64.0 Å². The van der Waals surface area contributed by atoms with Crippen LogP contribution in [0.4, 0.5) is 0 Å². The molecule has 2 amide bonds. The summed E-state index contributed by atoms with van der Waals surface area (Å²) in [6.07, 6.45) is 7.39. The molecular formula is C25H26ClNO3S. The molecule has 2 aromatic carbocycles. The van der Waals surface area contributed by atoms with Gasteiger partial charge in [0, 0.05) is 21.5 Å². The maximum absolute atomic E-state index is 13.7. The quantitative estimate of drug-likeness (QED) is 0.494. The Kier molecular flexibility index (Phi) is 7.03. The highest BCUT2D eigenvalue weighted by molar-refractivity contribution is 8.04. The van der Waals surface area contributed by atoms with E-state index in [1.807, 2.05) is 36.4 Å². The Morgan fingerprint density at radius 3 is 2.23 bits per heavy atom. The molecule has 4 nitrogen and oxygen atoms in total. The van der Waals surface area contributed by atoms with Gasteiger partial charge in [0.25, 0.3) is 11.8 Å². The minimum absolute atomic E-state index is 0.0478. The molecule has 0 saturated heterocycles. The molecule has 1 heterocycles. The predicted molar refractivity (Wildman–Crippen MR) is 125 cm³/mol. The summed E-state index contributed by atoms with van der Waals surface area (Å²) in [5.74, 6) is 0.181. The third-order valence-corrected chi connectivity index (χ3v) is 7.27. The van der Waals surface area contributed by atoms with Gasteiger partial charge >= 0.3 is 0 Å². The normalized spacial score (nSPS) is 18.3. The minimum Gasteiger partial charge on any atom is -0.496 e. The first-order valence-electron chi connectivity index (χ1n) is 10.8. The summed E-state index contributed by atoms with van der Waals surface area (Å²) in [6.45, 7) is 0. The lowest BCUT2D eigenvalue weighted by atomic mass is 9.95. The van der Waals surface area contributed by atoms with Gasteiger partial charge in [-0.05, 0) is 43.2 Å². The topological polar surface area (TPSA) is 46.6 Å². The zero-order valence-corrected chi connectivity index (χ0v) is 19.2. The fraction of sp³-hybridized carbons (Fsp3) is 0.360. The Balaban J connectivity index is 1.76. The molecule has 1 fully saturated rings. The van der Waals surface area contributed by atoms with Crippen molar-refractivity contribution in [2.45, 2.75) is 55.9 Å². The summed E-state index contributed by atoms with van der Waals surface area (Å²) >= 11 is 7.36. The fourth-order valence-corrected chi connectivity index (χ4v) is 5.47. The summed E-state index contributed by atoms with van der Waals surface area (Å²) in [5, 5.41) is 0.633. The van der Waals surface area contributed by atoms with Gasteiger partial charge < -0.3 is 4.74 Å². The van der Waals surface area contributed by atoms with Gasteiger partial charge in [-0.15, -0.1) is 0 Å². The predicted octanol–water partition coefficient (Wildman–Crippen LogP) is 6.33. The number of halogens is 1. The van der Waals surface area contributed by atoms with E-state index in [0.717, 1.165) is 43.4 Å². The van der Waals surface area contributed by atoms with Gasteiger partial charge in [0.15, 0.2) is 0 Å². The zero-order valence-electron chi connectivity index (χ0n) is 17.6. The monoisotopic (exact) mass is 455 g/mol. The van der Waals surface area contributed by atoms with Crippen molar-refractivity contribution in [2.24, 2.45) is 0 Å². The van der Waals surface area contributed by atoms with Crippen LogP contribution in [0.3, 0.4) is 0 Å². The Morgan fingerprint density at radius 2 is 1.55 bits per heavy atom. The van der Waals surface area contributed by atoms with Gasteiger partial charge in [-0.25, -0.2) is 0 Å². The van der Waals surface area contributed by atoms with Crippen molar-refractivity contribution in [3.63, 3.8) is 0 Å². The van der Waals surface area contributed by atoms with Gasteiger partial charge in [-0.2, -0.15) is 0 Å². The van der Waals surface area contributed by atoms with Crippen LogP contribution in [0.5, 0.6) is 5.75 Å². The van der Waals surface area contributed by atoms with Gasteiger partial charge in [0.1, 0.15) is 5.75 Å². The second-order valence-electron chi connectivity index (χ2n) is 7.94. The van der Waals surface area contributed by atoms with E-state index in [4.69, 9.17) is 16.3 Å². The first-order chi connectivity index (χ1) is 15.1. The van der Waals surface area contributed by atoms with Gasteiger partial charge in [-0.3, -0.25) is 14.5 Å². The smallest absolute Gasteiger partial charge is 0.268 e. The molecule has 0 aromatic heterocycles. The zero-order chi connectivity index (χ0) is 21.8. The molecule has 0 radical (unpaired) electrons. The third kappa shape index (κ3) is 4.68. The average molecular weight is 456 g/mol. The number of methoxy groups -OCH3 is 1. The van der Waals surface area contributed by atoms with E-state index in [-0.39, 0.29) is 17.9 Å². The number of hydrogen-bond donors (Lipinski definition) is 0. The minimum atomic E-state index is -0.212. The number of para-hydroxylation sites is 1. The van der Waals surface area contributed by atoms with Crippen LogP contribution >= 0.6 is 23.4 Å². The molecule has 0 unspecified atom stereocenters. The number of nitrogens with zero attached hydrogens (tertiary/aromatic N) is 1. The number of carbonyl (C=O) groups is 2. The molecule has 31 heavy (non-hydrogen) atoms. The number of benzene rings is 2. The van der Waals surface area contributed by atoms with Crippen molar-refractivity contribution in [2.75, 3.05) is 7.11 Å². The van der Waals surface area contributed by atoms with Crippen LogP contribution in [0.2, 0.25) is 5.02 Å². The van der Waals surface area contributed by atoms with E-state index in [0.29, 0.717) is 26.8 Å². The van der Waals surface area contributed by atoms with Gasteiger partial charge in [-0.1, -0.05) is 73.7 Å². The van der Waals surface area contributed by atoms with Crippen LogP contribution in [0.1, 0.15) is 50.5 Å². The molecule has 2 aromatic rings. The number of imide groups is 1. The molecule has 1 aliphatic carbocycles. The molecule has 4 rings (SSSR count). The largest absolute Gasteiger partial charge is 0.496 e. The van der Waals surface area contributed by atoms with Gasteiger partial charge in [0.2, 0.25) is 0 Å². The average Bonchev–Trinajstić information content (AvgIpc) is 2.99. The Hall–Kier alpha value is -2.24. The SMILES string of the molecule is COc1ccccc1C1=C(Sc2ccc(Cl)cc2)C(=O)N(C2CCCCCCC2)C1=O. The van der Waals surface area contributed by atoms with Crippen molar-refractivity contribution in [1.82, 2.24) is 4.90 Å². The van der Waals surface area contributed by atoms with E-state index in [2.05, 4.69) is 0 Å². The summed E-state index contributed by atoms with van der Waals surface area (Å²) in [5.41, 5.74) is 1.10. The highest BCUT2D eigenvalue weighted by Crippen LogP contribution is 2.43. The molecule has 0 N–H and O–H groups in total. The lowest BCUT2D eigenvalue weighted by Gasteiger charge is -2.28. The highest BCUT2D eigenvalue weighted by atomic mass is 35.5. The van der Waals surface area contributed by atoms with Crippen molar-refractivity contribution in [3.8, 4) is 5.75 Å². The molecule has 1 aliphatic heterocycles. The molecule has 0 atom stereocenters. The molecule has 2 aliphatic rings. The van der Waals surface area contributed by atoms with E-state index >= 15 is 0 Å².